The van der Waals surface area contributed by atoms with Crippen molar-refractivity contribution in [2.75, 3.05) is 11.9 Å². The number of carbonyl (C=O) groups is 1. The third-order valence-corrected chi connectivity index (χ3v) is 5.87. The van der Waals surface area contributed by atoms with Gasteiger partial charge in [-0.15, -0.1) is 11.3 Å². The molecule has 2 aromatic heterocycles. The van der Waals surface area contributed by atoms with E-state index in [1.54, 1.807) is 22.7 Å². The second-order valence-corrected chi connectivity index (χ2v) is 6.81. The molecule has 3 nitrogen and oxygen atoms in total. The van der Waals surface area contributed by atoms with Crippen LogP contribution in [0.2, 0.25) is 0 Å². The fourth-order valence-electron chi connectivity index (χ4n) is 2.29. The number of carbonyl (C=O) groups excluding carboxylic acids is 1. The molecule has 0 saturated carbocycles. The first-order valence-corrected chi connectivity index (χ1v) is 8.15. The summed E-state index contributed by atoms with van der Waals surface area (Å²) in [5.74, 6) is 0.266. The van der Waals surface area contributed by atoms with E-state index in [-0.39, 0.29) is 5.78 Å². The summed E-state index contributed by atoms with van der Waals surface area (Å²) in [4.78, 5) is 20.9. The molecule has 1 unspecified atom stereocenters. The highest BCUT2D eigenvalue weighted by Gasteiger charge is 2.25. The molecule has 5 heteroatoms. The second-order valence-electron chi connectivity index (χ2n) is 4.85. The van der Waals surface area contributed by atoms with Gasteiger partial charge in [-0.3, -0.25) is 4.79 Å². The van der Waals surface area contributed by atoms with Crippen LogP contribution >= 0.6 is 22.7 Å². The molecule has 1 aliphatic carbocycles. The lowest BCUT2D eigenvalue weighted by Crippen LogP contribution is -2.20. The highest BCUT2D eigenvalue weighted by molar-refractivity contribution is 7.17. The maximum atomic E-state index is 11.9. The predicted molar refractivity (Wildman–Crippen MR) is 80.5 cm³/mol. The Kier molecular flexibility index (Phi) is 3.41. The summed E-state index contributed by atoms with van der Waals surface area (Å²) >= 11 is 3.30. The number of fused-ring (bicyclic) bond motifs is 1. The van der Waals surface area contributed by atoms with Gasteiger partial charge in [-0.05, 0) is 31.2 Å². The molecule has 0 fully saturated rings. The fraction of sp³-hybridized carbons (Fsp3) is 0.429. The number of thiazole rings is 1. The zero-order chi connectivity index (χ0) is 13.4. The topological polar surface area (TPSA) is 33.2 Å². The van der Waals surface area contributed by atoms with E-state index in [0.717, 1.165) is 28.5 Å². The van der Waals surface area contributed by atoms with E-state index in [0.29, 0.717) is 12.5 Å². The molecule has 0 saturated heterocycles. The van der Waals surface area contributed by atoms with E-state index >= 15 is 0 Å². The van der Waals surface area contributed by atoms with Gasteiger partial charge in [-0.1, -0.05) is 17.4 Å². The molecule has 2 heterocycles. The van der Waals surface area contributed by atoms with Crippen LogP contribution in [0, 0.1) is 0 Å². The summed E-state index contributed by atoms with van der Waals surface area (Å²) in [6.07, 6.45) is 2.57. The highest BCUT2D eigenvalue weighted by Crippen LogP contribution is 2.35. The summed E-state index contributed by atoms with van der Waals surface area (Å²) in [7, 11) is 2.05. The van der Waals surface area contributed by atoms with Gasteiger partial charge in [-0.2, -0.15) is 0 Å². The molecule has 0 aliphatic heterocycles. The van der Waals surface area contributed by atoms with Crippen LogP contribution in [-0.2, 0) is 6.42 Å². The van der Waals surface area contributed by atoms with Crippen LogP contribution in [0.25, 0.3) is 0 Å². The van der Waals surface area contributed by atoms with Gasteiger partial charge in [0.05, 0.1) is 16.6 Å². The van der Waals surface area contributed by atoms with Crippen LogP contribution in [0.3, 0.4) is 0 Å². The van der Waals surface area contributed by atoms with E-state index in [1.165, 1.54) is 4.88 Å². The molecule has 1 atom stereocenters. The molecule has 2 aromatic rings. The minimum Gasteiger partial charge on any atom is -0.344 e. The molecule has 0 aromatic carbocycles. The Morgan fingerprint density at radius 3 is 2.95 bits per heavy atom. The maximum absolute atomic E-state index is 11.9. The second kappa shape index (κ2) is 5.06. The minimum absolute atomic E-state index is 0.266. The number of hydrogen-bond donors (Lipinski definition) is 0. The van der Waals surface area contributed by atoms with Crippen molar-refractivity contribution in [3.8, 4) is 0 Å². The Morgan fingerprint density at radius 1 is 1.42 bits per heavy atom. The van der Waals surface area contributed by atoms with Crippen molar-refractivity contribution in [1.29, 1.82) is 0 Å². The van der Waals surface area contributed by atoms with Crippen LogP contribution in [-0.4, -0.2) is 17.8 Å². The smallest absolute Gasteiger partial charge is 0.186 e. The fourth-order valence-corrected chi connectivity index (χ4v) is 4.24. The van der Waals surface area contributed by atoms with Crippen molar-refractivity contribution < 1.29 is 4.79 Å². The van der Waals surface area contributed by atoms with E-state index in [2.05, 4.69) is 41.4 Å². The molecule has 19 heavy (non-hydrogen) atoms. The molecule has 0 spiro atoms. The van der Waals surface area contributed by atoms with Crippen LogP contribution in [0.5, 0.6) is 0 Å². The number of Topliss-reactive ketones (excluding diaryl/α,β-unsaturated/α-hetero) is 1. The zero-order valence-electron chi connectivity index (χ0n) is 11.0. The Balaban J connectivity index is 1.88. The third kappa shape index (κ3) is 2.32. The molecule has 1 aliphatic rings. The van der Waals surface area contributed by atoms with Crippen LogP contribution in [0.1, 0.15) is 46.0 Å². The summed E-state index contributed by atoms with van der Waals surface area (Å²) < 4.78 is 0. The molecule has 0 amide bonds. The summed E-state index contributed by atoms with van der Waals surface area (Å²) in [5, 5.41) is 3.05. The molecule has 0 bridgehead atoms. The van der Waals surface area contributed by atoms with Gasteiger partial charge in [0.25, 0.3) is 0 Å². The lowest BCUT2D eigenvalue weighted by atomic mass is 10.0. The first-order chi connectivity index (χ1) is 9.16. The molecule has 100 valence electrons. The van der Waals surface area contributed by atoms with Gasteiger partial charge in [-0.25, -0.2) is 4.98 Å². The summed E-state index contributed by atoms with van der Waals surface area (Å²) in [6.45, 7) is 2.17. The number of anilines is 1. The van der Waals surface area contributed by atoms with E-state index in [9.17, 15) is 4.79 Å². The third-order valence-electron chi connectivity index (χ3n) is 3.59. The molecular weight excluding hydrogens is 276 g/mol. The highest BCUT2D eigenvalue weighted by atomic mass is 32.1. The van der Waals surface area contributed by atoms with E-state index in [4.69, 9.17) is 0 Å². The molecular formula is C14H16N2OS2. The lowest BCUT2D eigenvalue weighted by Gasteiger charge is -2.23. The van der Waals surface area contributed by atoms with Crippen molar-refractivity contribution in [1.82, 2.24) is 4.98 Å². The average Bonchev–Trinajstić information content (AvgIpc) is 3.06. The first kappa shape index (κ1) is 12.8. The Hall–Kier alpha value is -1.20. The van der Waals surface area contributed by atoms with Gasteiger partial charge in [0.1, 0.15) is 0 Å². The van der Waals surface area contributed by atoms with Gasteiger partial charge >= 0.3 is 0 Å². The number of aromatic nitrogens is 1. The molecule has 0 N–H and O–H groups in total. The standard InChI is InChI=1S/C14H16N2OS2/c1-9(12-7-4-8-18-12)16(2)14-15-10-5-3-6-11(17)13(10)19-14/h4,7-9H,3,5-6H2,1-2H3. The van der Waals surface area contributed by atoms with Gasteiger partial charge in [0.15, 0.2) is 10.9 Å². The zero-order valence-corrected chi connectivity index (χ0v) is 12.7. The van der Waals surface area contributed by atoms with E-state index < -0.39 is 0 Å². The van der Waals surface area contributed by atoms with Crippen LogP contribution in [0.4, 0.5) is 5.13 Å². The lowest BCUT2D eigenvalue weighted by molar-refractivity contribution is 0.0976. The quantitative estimate of drug-likeness (QED) is 0.859. The monoisotopic (exact) mass is 292 g/mol. The predicted octanol–water partition coefficient (Wildman–Crippen LogP) is 3.92. The number of thiophene rings is 1. The number of ketones is 1. The number of hydrogen-bond acceptors (Lipinski definition) is 5. The normalized spacial score (nSPS) is 16.2. The van der Waals surface area contributed by atoms with Crippen molar-refractivity contribution in [3.63, 3.8) is 0 Å². The van der Waals surface area contributed by atoms with Crippen molar-refractivity contribution >= 4 is 33.6 Å². The van der Waals surface area contributed by atoms with Crippen LogP contribution < -0.4 is 4.90 Å². The maximum Gasteiger partial charge on any atom is 0.186 e. The van der Waals surface area contributed by atoms with Crippen molar-refractivity contribution in [2.45, 2.75) is 32.2 Å². The largest absolute Gasteiger partial charge is 0.344 e. The van der Waals surface area contributed by atoms with Crippen LogP contribution in [0.15, 0.2) is 17.5 Å². The Morgan fingerprint density at radius 2 is 2.26 bits per heavy atom. The molecule has 3 rings (SSSR count). The van der Waals surface area contributed by atoms with E-state index in [1.807, 2.05) is 0 Å². The number of aryl methyl sites for hydroxylation is 1. The Labute approximate surface area is 120 Å². The summed E-state index contributed by atoms with van der Waals surface area (Å²) in [5.41, 5.74) is 1.00. The number of nitrogens with zero attached hydrogens (tertiary/aromatic N) is 2. The van der Waals surface area contributed by atoms with Crippen molar-refractivity contribution in [2.24, 2.45) is 0 Å². The van der Waals surface area contributed by atoms with Gasteiger partial charge in [0, 0.05) is 18.3 Å². The van der Waals surface area contributed by atoms with Crippen molar-refractivity contribution in [3.05, 3.63) is 33.0 Å². The Bertz CT molecular complexity index is 589. The molecule has 0 radical (unpaired) electrons. The summed E-state index contributed by atoms with van der Waals surface area (Å²) in [6, 6.07) is 4.51. The average molecular weight is 292 g/mol. The van der Waals surface area contributed by atoms with Gasteiger partial charge in [0.2, 0.25) is 0 Å². The first-order valence-electron chi connectivity index (χ1n) is 6.46. The minimum atomic E-state index is 0.266. The SMILES string of the molecule is CC(c1cccs1)N(C)c1nc2c(s1)C(=O)CCC2. The van der Waals surface area contributed by atoms with Gasteiger partial charge < -0.3 is 4.90 Å². The number of rotatable bonds is 3.